The van der Waals surface area contributed by atoms with E-state index in [4.69, 9.17) is 0 Å². The third kappa shape index (κ3) is 7.01. The average Bonchev–Trinajstić information content (AvgIpc) is 2.92. The normalized spacial score (nSPS) is 12.4. The number of aryl methyl sites for hydroxylation is 4. The molecular weight excluding hydrogens is 520 g/mol. The standard InChI is InChI=1S/C41H54N2/c1-14-41(12,13)31-15-19-35(20-16-31)43(38-29(4)25-33(26-30(38)5)40(9,10)11)36-21-17-34(18-22-36)42-37-27(2)23-32(24-28(37)3)39(6,7)8/h15-26,42H,14H2,1-13H3. The van der Waals surface area contributed by atoms with Gasteiger partial charge in [-0.15, -0.1) is 0 Å². The minimum absolute atomic E-state index is 0.0981. The second kappa shape index (κ2) is 11.9. The van der Waals surface area contributed by atoms with Gasteiger partial charge in [-0.2, -0.15) is 0 Å². The summed E-state index contributed by atoms with van der Waals surface area (Å²) >= 11 is 0. The van der Waals surface area contributed by atoms with Crippen LogP contribution in [0.25, 0.3) is 0 Å². The predicted octanol–water partition coefficient (Wildman–Crippen LogP) is 12.4. The van der Waals surface area contributed by atoms with E-state index in [1.54, 1.807) is 0 Å². The first-order chi connectivity index (χ1) is 19.9. The lowest BCUT2D eigenvalue weighted by atomic mass is 9.82. The van der Waals surface area contributed by atoms with Crippen molar-refractivity contribution in [1.82, 2.24) is 0 Å². The molecule has 0 saturated heterocycles. The Labute approximate surface area is 262 Å². The predicted molar refractivity (Wildman–Crippen MR) is 191 cm³/mol. The molecule has 0 spiro atoms. The summed E-state index contributed by atoms with van der Waals surface area (Å²) in [5.41, 5.74) is 15.5. The molecule has 0 fully saturated rings. The van der Waals surface area contributed by atoms with Crippen molar-refractivity contribution in [3.63, 3.8) is 0 Å². The summed E-state index contributed by atoms with van der Waals surface area (Å²) in [5, 5.41) is 3.72. The molecular formula is C41H54N2. The van der Waals surface area contributed by atoms with E-state index in [1.807, 2.05) is 0 Å². The number of nitrogens with zero attached hydrogens (tertiary/aromatic N) is 1. The molecule has 4 rings (SSSR count). The van der Waals surface area contributed by atoms with E-state index in [0.29, 0.717) is 0 Å². The van der Waals surface area contributed by atoms with Gasteiger partial charge in [0.05, 0.1) is 5.69 Å². The molecule has 4 aromatic rings. The number of nitrogens with one attached hydrogen (secondary N) is 1. The van der Waals surface area contributed by atoms with Gasteiger partial charge in [0, 0.05) is 22.7 Å². The summed E-state index contributed by atoms with van der Waals surface area (Å²) in [6.07, 6.45) is 1.11. The summed E-state index contributed by atoms with van der Waals surface area (Å²) in [7, 11) is 0. The van der Waals surface area contributed by atoms with Gasteiger partial charge in [0.15, 0.2) is 0 Å². The van der Waals surface area contributed by atoms with Crippen LogP contribution in [0.5, 0.6) is 0 Å². The van der Waals surface area contributed by atoms with Crippen LogP contribution in [0, 0.1) is 27.7 Å². The summed E-state index contributed by atoms with van der Waals surface area (Å²) in [5.74, 6) is 0. The van der Waals surface area contributed by atoms with Crippen molar-refractivity contribution >= 4 is 28.4 Å². The van der Waals surface area contributed by atoms with Crippen molar-refractivity contribution in [2.45, 2.75) is 113 Å². The molecule has 0 radical (unpaired) electrons. The van der Waals surface area contributed by atoms with Gasteiger partial charge in [0.1, 0.15) is 0 Å². The van der Waals surface area contributed by atoms with Gasteiger partial charge in [-0.3, -0.25) is 0 Å². The van der Waals surface area contributed by atoms with Crippen LogP contribution >= 0.6 is 0 Å². The van der Waals surface area contributed by atoms with Crippen molar-refractivity contribution in [3.05, 3.63) is 112 Å². The molecule has 0 aromatic heterocycles. The molecule has 0 aliphatic carbocycles. The molecule has 2 heteroatoms. The van der Waals surface area contributed by atoms with Crippen molar-refractivity contribution in [2.24, 2.45) is 0 Å². The van der Waals surface area contributed by atoms with Crippen LogP contribution in [0.4, 0.5) is 28.4 Å². The van der Waals surface area contributed by atoms with Gasteiger partial charge in [-0.05, 0) is 126 Å². The van der Waals surface area contributed by atoms with Gasteiger partial charge in [0.2, 0.25) is 0 Å². The van der Waals surface area contributed by atoms with Gasteiger partial charge in [-0.1, -0.05) is 98.7 Å². The number of anilines is 5. The van der Waals surface area contributed by atoms with E-state index >= 15 is 0 Å². The molecule has 0 saturated carbocycles. The van der Waals surface area contributed by atoms with E-state index < -0.39 is 0 Å². The molecule has 228 valence electrons. The zero-order valence-corrected chi connectivity index (χ0v) is 29.1. The molecule has 43 heavy (non-hydrogen) atoms. The lowest BCUT2D eigenvalue weighted by molar-refractivity contribution is 0.506. The molecule has 0 aliphatic rings. The number of hydrogen-bond acceptors (Lipinski definition) is 2. The first-order valence-corrected chi connectivity index (χ1v) is 15.9. The second-order valence-electron chi connectivity index (χ2n) is 15.2. The van der Waals surface area contributed by atoms with E-state index in [0.717, 1.165) is 17.8 Å². The Kier molecular flexibility index (Phi) is 8.94. The molecule has 0 heterocycles. The smallest absolute Gasteiger partial charge is 0.0520 e. The van der Waals surface area contributed by atoms with E-state index in [2.05, 4.69) is 173 Å². The topological polar surface area (TPSA) is 15.3 Å². The van der Waals surface area contributed by atoms with Crippen LogP contribution < -0.4 is 10.2 Å². The number of benzene rings is 4. The Bertz CT molecular complexity index is 1530. The Morgan fingerprint density at radius 3 is 1.33 bits per heavy atom. The van der Waals surface area contributed by atoms with Crippen molar-refractivity contribution < 1.29 is 0 Å². The summed E-state index contributed by atoms with van der Waals surface area (Å²) in [6.45, 7) is 29.5. The van der Waals surface area contributed by atoms with Crippen molar-refractivity contribution in [3.8, 4) is 0 Å². The molecule has 0 unspecified atom stereocenters. The van der Waals surface area contributed by atoms with Gasteiger partial charge < -0.3 is 10.2 Å². The summed E-state index contributed by atoms with van der Waals surface area (Å²) < 4.78 is 0. The summed E-state index contributed by atoms with van der Waals surface area (Å²) in [4.78, 5) is 2.43. The SMILES string of the molecule is CCC(C)(C)c1ccc(N(c2ccc(Nc3c(C)cc(C(C)(C)C)cc3C)cc2)c2c(C)cc(C(C)(C)C)cc2C)cc1. The highest BCUT2D eigenvalue weighted by atomic mass is 15.1. The van der Waals surface area contributed by atoms with Crippen LogP contribution in [-0.4, -0.2) is 0 Å². The maximum Gasteiger partial charge on any atom is 0.0520 e. The lowest BCUT2D eigenvalue weighted by Crippen LogP contribution is -2.18. The summed E-state index contributed by atoms with van der Waals surface area (Å²) in [6, 6.07) is 27.5. The maximum absolute atomic E-state index is 3.72. The van der Waals surface area contributed by atoms with Crippen molar-refractivity contribution in [1.29, 1.82) is 0 Å². The third-order valence-electron chi connectivity index (χ3n) is 9.17. The van der Waals surface area contributed by atoms with E-state index in [1.165, 1.54) is 56.0 Å². The zero-order chi connectivity index (χ0) is 31.9. The lowest BCUT2D eigenvalue weighted by Gasteiger charge is -2.31. The molecule has 0 aliphatic heterocycles. The van der Waals surface area contributed by atoms with Crippen molar-refractivity contribution in [2.75, 3.05) is 10.2 Å². The Morgan fingerprint density at radius 2 is 0.930 bits per heavy atom. The molecule has 0 bridgehead atoms. The molecule has 0 atom stereocenters. The second-order valence-corrected chi connectivity index (χ2v) is 15.2. The minimum Gasteiger partial charge on any atom is -0.355 e. The molecule has 2 nitrogen and oxygen atoms in total. The monoisotopic (exact) mass is 574 g/mol. The maximum atomic E-state index is 3.72. The first-order valence-electron chi connectivity index (χ1n) is 15.9. The average molecular weight is 575 g/mol. The Balaban J connectivity index is 1.78. The van der Waals surface area contributed by atoms with Gasteiger partial charge >= 0.3 is 0 Å². The molecule has 0 amide bonds. The third-order valence-corrected chi connectivity index (χ3v) is 9.17. The highest BCUT2D eigenvalue weighted by Crippen LogP contribution is 2.42. The zero-order valence-electron chi connectivity index (χ0n) is 29.1. The quantitative estimate of drug-likeness (QED) is 0.236. The number of rotatable bonds is 7. The highest BCUT2D eigenvalue weighted by Gasteiger charge is 2.23. The van der Waals surface area contributed by atoms with Crippen LogP contribution in [0.1, 0.15) is 108 Å². The fraction of sp³-hybridized carbons (Fsp3) is 0.415. The Hall–Kier alpha value is -3.52. The van der Waals surface area contributed by atoms with E-state index in [-0.39, 0.29) is 16.2 Å². The minimum atomic E-state index is 0.0981. The highest BCUT2D eigenvalue weighted by molar-refractivity contribution is 5.82. The molecule has 4 aromatic carbocycles. The number of hydrogen-bond donors (Lipinski definition) is 1. The Morgan fingerprint density at radius 1 is 0.535 bits per heavy atom. The van der Waals surface area contributed by atoms with E-state index in [9.17, 15) is 0 Å². The fourth-order valence-corrected chi connectivity index (χ4v) is 5.85. The molecule has 1 N–H and O–H groups in total. The van der Waals surface area contributed by atoms with Crippen LogP contribution in [0.2, 0.25) is 0 Å². The fourth-order valence-electron chi connectivity index (χ4n) is 5.85. The van der Waals surface area contributed by atoms with Gasteiger partial charge in [0.25, 0.3) is 0 Å². The van der Waals surface area contributed by atoms with Gasteiger partial charge in [-0.25, -0.2) is 0 Å². The largest absolute Gasteiger partial charge is 0.355 e. The van der Waals surface area contributed by atoms with Crippen LogP contribution in [0.15, 0.2) is 72.8 Å². The van der Waals surface area contributed by atoms with Crippen LogP contribution in [-0.2, 0) is 16.2 Å². The van der Waals surface area contributed by atoms with Crippen LogP contribution in [0.3, 0.4) is 0 Å². The first kappa shape index (κ1) is 32.4.